The predicted molar refractivity (Wildman–Crippen MR) is 56.9 cm³/mol. The van der Waals surface area contributed by atoms with E-state index < -0.39 is 0 Å². The molecule has 0 aliphatic heterocycles. The number of halogens is 1. The number of hydrogen-bond donors (Lipinski definition) is 2. The molecule has 1 aromatic rings. The Morgan fingerprint density at radius 1 is 1.31 bits per heavy atom. The lowest BCUT2D eigenvalue weighted by molar-refractivity contribution is 0.735. The summed E-state index contributed by atoms with van der Waals surface area (Å²) in [4.78, 5) is 0. The average Bonchev–Trinajstić information content (AvgIpc) is 2.12. The zero-order valence-corrected chi connectivity index (χ0v) is 8.73. The van der Waals surface area contributed by atoms with Gasteiger partial charge in [-0.05, 0) is 30.5 Å². The van der Waals surface area contributed by atoms with E-state index in [1.54, 1.807) is 0 Å². The van der Waals surface area contributed by atoms with E-state index in [-0.39, 0.29) is 6.04 Å². The summed E-state index contributed by atoms with van der Waals surface area (Å²) in [5.74, 6) is 0. The number of hydrogen-bond acceptors (Lipinski definition) is 2. The highest BCUT2D eigenvalue weighted by molar-refractivity contribution is 6.32. The quantitative estimate of drug-likeness (QED) is 0.763. The van der Waals surface area contributed by atoms with Crippen LogP contribution in [-0.4, -0.2) is 6.54 Å². The van der Waals surface area contributed by atoms with Crippen molar-refractivity contribution in [3.05, 3.63) is 33.8 Å². The molecule has 2 nitrogen and oxygen atoms in total. The summed E-state index contributed by atoms with van der Waals surface area (Å²) in [7, 11) is 0. The van der Waals surface area contributed by atoms with E-state index in [2.05, 4.69) is 0 Å². The summed E-state index contributed by atoms with van der Waals surface area (Å²) in [6.07, 6.45) is 0. The molecule has 0 radical (unpaired) electrons. The van der Waals surface area contributed by atoms with E-state index in [1.807, 2.05) is 26.0 Å². The normalized spacial score (nSPS) is 13.0. The van der Waals surface area contributed by atoms with Gasteiger partial charge in [0.25, 0.3) is 0 Å². The van der Waals surface area contributed by atoms with Gasteiger partial charge in [0.1, 0.15) is 0 Å². The van der Waals surface area contributed by atoms with Crippen LogP contribution in [0.3, 0.4) is 0 Å². The molecule has 0 amide bonds. The second kappa shape index (κ2) is 4.09. The Balaban J connectivity index is 3.13. The number of rotatable bonds is 2. The minimum Gasteiger partial charge on any atom is -0.329 e. The average molecular weight is 199 g/mol. The van der Waals surface area contributed by atoms with Gasteiger partial charge in [-0.25, -0.2) is 0 Å². The minimum atomic E-state index is -0.0883. The standard InChI is InChI=1S/C10H15ClN2/c1-6-3-8(9(13)5-12)4-7(2)10(6)11/h3-4,9H,5,12-13H2,1-2H3/t9-/m0/s1. The van der Waals surface area contributed by atoms with Crippen molar-refractivity contribution in [1.29, 1.82) is 0 Å². The van der Waals surface area contributed by atoms with Crippen molar-refractivity contribution in [2.75, 3.05) is 6.54 Å². The molecule has 0 aromatic heterocycles. The van der Waals surface area contributed by atoms with E-state index in [0.29, 0.717) is 6.54 Å². The Bertz CT molecular complexity index is 287. The van der Waals surface area contributed by atoms with E-state index in [9.17, 15) is 0 Å². The Kier molecular flexibility index (Phi) is 3.31. The van der Waals surface area contributed by atoms with Gasteiger partial charge in [-0.3, -0.25) is 0 Å². The van der Waals surface area contributed by atoms with Gasteiger partial charge >= 0.3 is 0 Å². The fraction of sp³-hybridized carbons (Fsp3) is 0.400. The zero-order valence-electron chi connectivity index (χ0n) is 7.97. The van der Waals surface area contributed by atoms with Crippen LogP contribution in [0.2, 0.25) is 5.02 Å². The molecule has 72 valence electrons. The maximum absolute atomic E-state index is 6.03. The summed E-state index contributed by atoms with van der Waals surface area (Å²) >= 11 is 6.03. The molecular weight excluding hydrogens is 184 g/mol. The Labute approximate surface area is 83.9 Å². The predicted octanol–water partition coefficient (Wildman–Crippen LogP) is 1.92. The van der Waals surface area contributed by atoms with Crippen LogP contribution in [0.15, 0.2) is 12.1 Å². The van der Waals surface area contributed by atoms with Crippen LogP contribution in [-0.2, 0) is 0 Å². The van der Waals surface area contributed by atoms with Gasteiger partial charge in [0.15, 0.2) is 0 Å². The van der Waals surface area contributed by atoms with Crippen molar-refractivity contribution >= 4 is 11.6 Å². The van der Waals surface area contributed by atoms with Crippen LogP contribution in [0.1, 0.15) is 22.7 Å². The summed E-state index contributed by atoms with van der Waals surface area (Å²) in [6, 6.07) is 3.90. The monoisotopic (exact) mass is 198 g/mol. The van der Waals surface area contributed by atoms with Crippen LogP contribution in [0.5, 0.6) is 0 Å². The molecular formula is C10H15ClN2. The highest BCUT2D eigenvalue weighted by atomic mass is 35.5. The van der Waals surface area contributed by atoms with Gasteiger partial charge in [0, 0.05) is 17.6 Å². The molecule has 0 unspecified atom stereocenters. The molecule has 1 aromatic carbocycles. The van der Waals surface area contributed by atoms with Gasteiger partial charge in [-0.15, -0.1) is 0 Å². The first kappa shape index (κ1) is 10.5. The second-order valence-electron chi connectivity index (χ2n) is 3.31. The third-order valence-corrected chi connectivity index (χ3v) is 2.74. The first-order valence-corrected chi connectivity index (χ1v) is 4.66. The van der Waals surface area contributed by atoms with Crippen LogP contribution >= 0.6 is 11.6 Å². The van der Waals surface area contributed by atoms with Crippen molar-refractivity contribution in [3.8, 4) is 0 Å². The zero-order chi connectivity index (χ0) is 10.0. The SMILES string of the molecule is Cc1cc([C@@H](N)CN)cc(C)c1Cl. The second-order valence-corrected chi connectivity index (χ2v) is 3.69. The highest BCUT2D eigenvalue weighted by Crippen LogP contribution is 2.23. The number of benzene rings is 1. The van der Waals surface area contributed by atoms with Crippen LogP contribution in [0.4, 0.5) is 0 Å². The van der Waals surface area contributed by atoms with Crippen molar-refractivity contribution in [1.82, 2.24) is 0 Å². The molecule has 13 heavy (non-hydrogen) atoms. The van der Waals surface area contributed by atoms with Crippen molar-refractivity contribution in [3.63, 3.8) is 0 Å². The van der Waals surface area contributed by atoms with E-state index in [1.165, 1.54) is 0 Å². The fourth-order valence-corrected chi connectivity index (χ4v) is 1.44. The topological polar surface area (TPSA) is 52.0 Å². The molecule has 0 aliphatic rings. The minimum absolute atomic E-state index is 0.0883. The van der Waals surface area contributed by atoms with E-state index in [4.69, 9.17) is 23.1 Å². The summed E-state index contributed by atoms with van der Waals surface area (Å²) in [5, 5.41) is 0.813. The summed E-state index contributed by atoms with van der Waals surface area (Å²) < 4.78 is 0. The number of aryl methyl sites for hydroxylation is 2. The smallest absolute Gasteiger partial charge is 0.0464 e. The molecule has 0 spiro atoms. The van der Waals surface area contributed by atoms with Crippen LogP contribution in [0.25, 0.3) is 0 Å². The van der Waals surface area contributed by atoms with Gasteiger partial charge < -0.3 is 11.5 Å². The van der Waals surface area contributed by atoms with Gasteiger partial charge in [-0.2, -0.15) is 0 Å². The van der Waals surface area contributed by atoms with E-state index >= 15 is 0 Å². The Hall–Kier alpha value is -0.570. The Morgan fingerprint density at radius 3 is 2.15 bits per heavy atom. The maximum atomic E-state index is 6.03. The molecule has 1 atom stereocenters. The lowest BCUT2D eigenvalue weighted by atomic mass is 10.0. The maximum Gasteiger partial charge on any atom is 0.0464 e. The lowest BCUT2D eigenvalue weighted by Crippen LogP contribution is -2.20. The molecule has 0 saturated heterocycles. The van der Waals surface area contributed by atoms with Crippen molar-refractivity contribution in [2.24, 2.45) is 11.5 Å². The largest absolute Gasteiger partial charge is 0.329 e. The first-order valence-electron chi connectivity index (χ1n) is 4.28. The van der Waals surface area contributed by atoms with Crippen LogP contribution in [0, 0.1) is 13.8 Å². The van der Waals surface area contributed by atoms with Crippen molar-refractivity contribution < 1.29 is 0 Å². The first-order chi connectivity index (χ1) is 6.06. The van der Waals surface area contributed by atoms with E-state index in [0.717, 1.165) is 21.7 Å². The highest BCUT2D eigenvalue weighted by Gasteiger charge is 2.07. The third-order valence-electron chi connectivity index (χ3n) is 2.14. The third kappa shape index (κ3) is 2.21. The van der Waals surface area contributed by atoms with Gasteiger partial charge in [0.05, 0.1) is 0 Å². The number of nitrogens with two attached hydrogens (primary N) is 2. The lowest BCUT2D eigenvalue weighted by Gasteiger charge is -2.12. The van der Waals surface area contributed by atoms with Gasteiger partial charge in [-0.1, -0.05) is 23.7 Å². The molecule has 0 saturated carbocycles. The molecule has 0 heterocycles. The fourth-order valence-electron chi connectivity index (χ4n) is 1.33. The summed E-state index contributed by atoms with van der Waals surface area (Å²) in [6.45, 7) is 4.41. The summed E-state index contributed by atoms with van der Waals surface area (Å²) in [5.41, 5.74) is 14.5. The van der Waals surface area contributed by atoms with Crippen LogP contribution < -0.4 is 11.5 Å². The molecule has 3 heteroatoms. The van der Waals surface area contributed by atoms with Gasteiger partial charge in [0.2, 0.25) is 0 Å². The molecule has 4 N–H and O–H groups in total. The van der Waals surface area contributed by atoms with Crippen molar-refractivity contribution in [2.45, 2.75) is 19.9 Å². The molecule has 1 rings (SSSR count). The molecule has 0 bridgehead atoms. The Morgan fingerprint density at radius 2 is 1.77 bits per heavy atom. The molecule has 0 aliphatic carbocycles. The molecule has 0 fully saturated rings.